The topological polar surface area (TPSA) is 75.4 Å². The molecule has 0 unspecified atom stereocenters. The van der Waals surface area contributed by atoms with Gasteiger partial charge in [-0.05, 0) is 12.8 Å². The van der Waals surface area contributed by atoms with E-state index in [1.807, 2.05) is 13.8 Å². The number of carbonyl (C=O) groups excluding carboxylic acids is 2. The molecule has 0 rings (SSSR count). The average Bonchev–Trinajstić information content (AvgIpc) is 2.26. The van der Waals surface area contributed by atoms with E-state index in [2.05, 4.69) is 5.32 Å². The fraction of sp³-hybridized carbons (Fsp3) is 0.818. The minimum atomic E-state index is -0.339. The van der Waals surface area contributed by atoms with E-state index >= 15 is 0 Å². The Hall–Kier alpha value is -1.10. The van der Waals surface area contributed by atoms with E-state index in [1.165, 1.54) is 11.8 Å². The van der Waals surface area contributed by atoms with Crippen LogP contribution in [0.1, 0.15) is 33.6 Å². The molecule has 0 bridgehead atoms. The highest BCUT2D eigenvalue weighted by Gasteiger charge is 2.26. The van der Waals surface area contributed by atoms with Gasteiger partial charge in [0.25, 0.3) is 0 Å². The minimum absolute atomic E-state index is 0.0804. The first kappa shape index (κ1) is 14.9. The Balaban J connectivity index is 4.36. The van der Waals surface area contributed by atoms with Crippen molar-refractivity contribution >= 4 is 11.8 Å². The van der Waals surface area contributed by atoms with Crippen molar-refractivity contribution in [1.82, 2.24) is 10.2 Å². The van der Waals surface area contributed by atoms with Gasteiger partial charge in [0.05, 0.1) is 12.1 Å². The molecule has 0 aliphatic carbocycles. The van der Waals surface area contributed by atoms with Crippen molar-refractivity contribution in [2.75, 3.05) is 20.1 Å². The quantitative estimate of drug-likeness (QED) is 0.678. The van der Waals surface area contributed by atoms with Crippen LogP contribution < -0.4 is 11.1 Å². The Bertz CT molecular complexity index is 241. The summed E-state index contributed by atoms with van der Waals surface area (Å²) in [6.07, 6.45) is 1.57. The standard InChI is InChI=1S/C11H23N3O2/c1-5-11(6-2,8-12)13-10(16)7-14(4)9(3)15/h5-8,12H2,1-4H3,(H,13,16). The number of likely N-dealkylation sites (N-methyl/N-ethyl adjacent to an activating group) is 1. The number of carbonyl (C=O) groups is 2. The number of amides is 2. The third-order valence-corrected chi connectivity index (χ3v) is 3.07. The minimum Gasteiger partial charge on any atom is -0.348 e. The Morgan fingerprint density at radius 1 is 1.31 bits per heavy atom. The van der Waals surface area contributed by atoms with Crippen LogP contribution in [-0.4, -0.2) is 42.4 Å². The van der Waals surface area contributed by atoms with Crippen LogP contribution in [0.15, 0.2) is 0 Å². The highest BCUT2D eigenvalue weighted by atomic mass is 16.2. The summed E-state index contributed by atoms with van der Waals surface area (Å²) in [5, 5.41) is 2.91. The molecule has 0 atom stereocenters. The molecule has 94 valence electrons. The van der Waals surface area contributed by atoms with E-state index in [0.717, 1.165) is 12.8 Å². The zero-order valence-corrected chi connectivity index (χ0v) is 10.7. The maximum Gasteiger partial charge on any atom is 0.240 e. The molecular formula is C11H23N3O2. The van der Waals surface area contributed by atoms with Crippen molar-refractivity contribution in [2.24, 2.45) is 5.73 Å². The van der Waals surface area contributed by atoms with Crippen LogP contribution in [0.2, 0.25) is 0 Å². The lowest BCUT2D eigenvalue weighted by molar-refractivity contribution is -0.133. The van der Waals surface area contributed by atoms with Gasteiger partial charge in [-0.2, -0.15) is 0 Å². The van der Waals surface area contributed by atoms with Crippen molar-refractivity contribution in [2.45, 2.75) is 39.2 Å². The lowest BCUT2D eigenvalue weighted by Crippen LogP contribution is -2.55. The van der Waals surface area contributed by atoms with E-state index in [1.54, 1.807) is 7.05 Å². The lowest BCUT2D eigenvalue weighted by atomic mass is 9.93. The molecular weight excluding hydrogens is 206 g/mol. The van der Waals surface area contributed by atoms with E-state index in [-0.39, 0.29) is 23.9 Å². The van der Waals surface area contributed by atoms with Gasteiger partial charge in [0.15, 0.2) is 0 Å². The van der Waals surface area contributed by atoms with Gasteiger partial charge in [0, 0.05) is 20.5 Å². The Morgan fingerprint density at radius 2 is 1.81 bits per heavy atom. The average molecular weight is 229 g/mol. The smallest absolute Gasteiger partial charge is 0.240 e. The van der Waals surface area contributed by atoms with Gasteiger partial charge in [-0.1, -0.05) is 13.8 Å². The predicted molar refractivity (Wildman–Crippen MR) is 63.8 cm³/mol. The first-order chi connectivity index (χ1) is 7.40. The summed E-state index contributed by atoms with van der Waals surface area (Å²) in [7, 11) is 1.60. The first-order valence-corrected chi connectivity index (χ1v) is 5.63. The van der Waals surface area contributed by atoms with Crippen LogP contribution in [0, 0.1) is 0 Å². The normalized spacial score (nSPS) is 11.1. The number of rotatable bonds is 6. The molecule has 0 heterocycles. The molecule has 5 nitrogen and oxygen atoms in total. The summed E-state index contributed by atoms with van der Waals surface area (Å²) >= 11 is 0. The van der Waals surface area contributed by atoms with Gasteiger partial charge in [-0.15, -0.1) is 0 Å². The second-order valence-corrected chi connectivity index (χ2v) is 4.11. The van der Waals surface area contributed by atoms with Crippen molar-refractivity contribution in [3.05, 3.63) is 0 Å². The summed E-state index contributed by atoms with van der Waals surface area (Å²) in [6, 6.07) is 0. The molecule has 0 spiro atoms. The summed E-state index contributed by atoms with van der Waals surface area (Å²) in [4.78, 5) is 24.0. The third kappa shape index (κ3) is 4.18. The molecule has 0 aromatic rings. The molecule has 0 saturated carbocycles. The molecule has 16 heavy (non-hydrogen) atoms. The molecule has 0 saturated heterocycles. The van der Waals surface area contributed by atoms with Crippen molar-refractivity contribution < 1.29 is 9.59 Å². The summed E-state index contributed by atoms with van der Waals surface area (Å²) in [5.74, 6) is -0.284. The van der Waals surface area contributed by atoms with Crippen molar-refractivity contribution in [3.63, 3.8) is 0 Å². The maximum absolute atomic E-state index is 11.7. The number of nitrogens with two attached hydrogens (primary N) is 1. The Morgan fingerprint density at radius 3 is 2.12 bits per heavy atom. The second kappa shape index (κ2) is 6.48. The summed E-state index contributed by atoms with van der Waals surface area (Å²) in [6.45, 7) is 5.91. The van der Waals surface area contributed by atoms with Crippen LogP contribution >= 0.6 is 0 Å². The van der Waals surface area contributed by atoms with Gasteiger partial charge in [0.1, 0.15) is 0 Å². The fourth-order valence-electron chi connectivity index (χ4n) is 1.43. The van der Waals surface area contributed by atoms with E-state index in [4.69, 9.17) is 5.73 Å². The molecule has 5 heteroatoms. The van der Waals surface area contributed by atoms with E-state index in [9.17, 15) is 9.59 Å². The van der Waals surface area contributed by atoms with Crippen molar-refractivity contribution in [1.29, 1.82) is 0 Å². The highest BCUT2D eigenvalue weighted by Crippen LogP contribution is 2.12. The predicted octanol–water partition coefficient (Wildman–Crippen LogP) is 0.0984. The lowest BCUT2D eigenvalue weighted by Gasteiger charge is -2.32. The molecule has 0 aromatic heterocycles. The summed E-state index contributed by atoms with van der Waals surface area (Å²) < 4.78 is 0. The molecule has 0 aliphatic rings. The number of nitrogens with one attached hydrogen (secondary N) is 1. The van der Waals surface area contributed by atoms with E-state index in [0.29, 0.717) is 6.54 Å². The largest absolute Gasteiger partial charge is 0.348 e. The molecule has 2 amide bonds. The second-order valence-electron chi connectivity index (χ2n) is 4.11. The fourth-order valence-corrected chi connectivity index (χ4v) is 1.43. The Labute approximate surface area is 97.4 Å². The van der Waals surface area contributed by atoms with Gasteiger partial charge < -0.3 is 16.0 Å². The van der Waals surface area contributed by atoms with Crippen LogP contribution in [0.25, 0.3) is 0 Å². The molecule has 3 N–H and O–H groups in total. The molecule has 0 radical (unpaired) electrons. The monoisotopic (exact) mass is 229 g/mol. The van der Waals surface area contributed by atoms with E-state index < -0.39 is 0 Å². The zero-order chi connectivity index (χ0) is 12.8. The van der Waals surface area contributed by atoms with Crippen molar-refractivity contribution in [3.8, 4) is 0 Å². The number of hydrogen-bond donors (Lipinski definition) is 2. The summed E-state index contributed by atoms with van der Waals surface area (Å²) in [5.41, 5.74) is 5.33. The molecule has 0 fully saturated rings. The van der Waals surface area contributed by atoms with Gasteiger partial charge in [-0.3, -0.25) is 9.59 Å². The number of hydrogen-bond acceptors (Lipinski definition) is 3. The zero-order valence-electron chi connectivity index (χ0n) is 10.7. The van der Waals surface area contributed by atoms with Crippen LogP contribution in [0.4, 0.5) is 0 Å². The molecule has 0 aliphatic heterocycles. The molecule has 0 aromatic carbocycles. The number of nitrogens with zero attached hydrogens (tertiary/aromatic N) is 1. The van der Waals surface area contributed by atoms with Gasteiger partial charge in [-0.25, -0.2) is 0 Å². The van der Waals surface area contributed by atoms with Gasteiger partial charge in [0.2, 0.25) is 11.8 Å². The SMILES string of the molecule is CCC(CC)(CN)NC(=O)CN(C)C(C)=O. The third-order valence-electron chi connectivity index (χ3n) is 3.07. The van der Waals surface area contributed by atoms with Gasteiger partial charge >= 0.3 is 0 Å². The Kier molecular flexibility index (Phi) is 6.03. The van der Waals surface area contributed by atoms with Crippen LogP contribution in [-0.2, 0) is 9.59 Å². The first-order valence-electron chi connectivity index (χ1n) is 5.63. The maximum atomic E-state index is 11.7. The van der Waals surface area contributed by atoms with Crippen LogP contribution in [0.3, 0.4) is 0 Å². The van der Waals surface area contributed by atoms with Crippen LogP contribution in [0.5, 0.6) is 0 Å². The highest BCUT2D eigenvalue weighted by molar-refractivity contribution is 5.84.